The Morgan fingerprint density at radius 2 is 1.71 bits per heavy atom. The summed E-state index contributed by atoms with van der Waals surface area (Å²) in [6.07, 6.45) is 0.937. The highest BCUT2D eigenvalue weighted by molar-refractivity contribution is 5.94. The first-order valence-corrected chi connectivity index (χ1v) is 13.7. The molecule has 12 heteroatoms. The highest BCUT2D eigenvalue weighted by Gasteiger charge is 2.37. The summed E-state index contributed by atoms with van der Waals surface area (Å²) in [4.78, 5) is 39.2. The van der Waals surface area contributed by atoms with Crippen molar-refractivity contribution in [2.45, 2.75) is 33.3 Å². The Bertz CT molecular complexity index is 1610. The van der Waals surface area contributed by atoms with Crippen molar-refractivity contribution in [2.24, 2.45) is 5.92 Å². The summed E-state index contributed by atoms with van der Waals surface area (Å²) < 4.78 is 8.17. The van der Waals surface area contributed by atoms with Gasteiger partial charge in [-0.15, -0.1) is 15.3 Å². The maximum Gasteiger partial charge on any atom is 0.274 e. The molecule has 6 rings (SSSR count). The van der Waals surface area contributed by atoms with Gasteiger partial charge in [0.15, 0.2) is 11.4 Å². The molecule has 2 aliphatic heterocycles. The number of aryl methyl sites for hydroxylation is 3. The maximum atomic E-state index is 12.7. The third-order valence-electron chi connectivity index (χ3n) is 7.74. The fourth-order valence-electron chi connectivity index (χ4n) is 5.43. The number of amides is 2. The van der Waals surface area contributed by atoms with E-state index in [-0.39, 0.29) is 29.5 Å². The molecule has 2 amide bonds. The van der Waals surface area contributed by atoms with Gasteiger partial charge in [0.2, 0.25) is 5.91 Å². The van der Waals surface area contributed by atoms with E-state index >= 15 is 0 Å². The van der Waals surface area contributed by atoms with Crippen LogP contribution in [0.25, 0.3) is 17.0 Å². The molecule has 41 heavy (non-hydrogen) atoms. The molecule has 4 aromatic rings. The van der Waals surface area contributed by atoms with Gasteiger partial charge in [-0.3, -0.25) is 9.59 Å². The smallest absolute Gasteiger partial charge is 0.274 e. The molecule has 0 bridgehead atoms. The van der Waals surface area contributed by atoms with Gasteiger partial charge < -0.3 is 19.4 Å². The third-order valence-corrected chi connectivity index (χ3v) is 7.74. The molecule has 2 aliphatic rings. The largest absolute Gasteiger partial charge is 0.485 e. The van der Waals surface area contributed by atoms with E-state index < -0.39 is 0 Å². The Labute approximate surface area is 238 Å². The molecule has 0 saturated carbocycles. The summed E-state index contributed by atoms with van der Waals surface area (Å²) in [5.74, 6) is 1.73. The van der Waals surface area contributed by atoms with Crippen LogP contribution in [0.1, 0.15) is 34.1 Å². The number of aromatic nitrogens is 6. The number of ether oxygens (including phenoxy) is 1. The van der Waals surface area contributed by atoms with Crippen LogP contribution in [0.3, 0.4) is 0 Å². The highest BCUT2D eigenvalue weighted by atomic mass is 16.5. The molecule has 0 N–H and O–H groups in total. The number of nitrogens with zero attached hydrogens (tertiary/aromatic N) is 9. The molecular formula is C29H33N9O3. The first-order chi connectivity index (χ1) is 19.7. The first-order valence-electron chi connectivity index (χ1n) is 13.7. The minimum Gasteiger partial charge on any atom is -0.485 e. The van der Waals surface area contributed by atoms with Crippen LogP contribution in [0.15, 0.2) is 36.4 Å². The number of hydrogen-bond acceptors (Lipinski definition) is 9. The lowest BCUT2D eigenvalue weighted by atomic mass is 9.98. The van der Waals surface area contributed by atoms with Gasteiger partial charge in [-0.25, -0.2) is 4.98 Å². The Morgan fingerprint density at radius 1 is 0.951 bits per heavy atom. The summed E-state index contributed by atoms with van der Waals surface area (Å²) >= 11 is 0. The Morgan fingerprint density at radius 3 is 2.39 bits per heavy atom. The van der Waals surface area contributed by atoms with Crippen molar-refractivity contribution in [3.8, 4) is 17.0 Å². The summed E-state index contributed by atoms with van der Waals surface area (Å²) in [6, 6.07) is 11.7. The molecular weight excluding hydrogens is 522 g/mol. The zero-order valence-corrected chi connectivity index (χ0v) is 23.9. The molecule has 1 aromatic carbocycles. The first kappa shape index (κ1) is 26.6. The van der Waals surface area contributed by atoms with Gasteiger partial charge in [-0.2, -0.15) is 9.50 Å². The Hall–Kier alpha value is -4.61. The zero-order chi connectivity index (χ0) is 28.8. The molecule has 1 atom stereocenters. The van der Waals surface area contributed by atoms with Crippen LogP contribution in [0.5, 0.6) is 5.75 Å². The lowest BCUT2D eigenvalue weighted by Gasteiger charge is -2.38. The summed E-state index contributed by atoms with van der Waals surface area (Å²) in [5.41, 5.74) is 4.71. The minimum atomic E-state index is -0.203. The molecule has 0 spiro atoms. The molecule has 5 heterocycles. The van der Waals surface area contributed by atoms with E-state index in [0.29, 0.717) is 30.4 Å². The van der Waals surface area contributed by atoms with E-state index in [1.807, 2.05) is 39.0 Å². The number of fused-ring (bicyclic) bond motifs is 1. The molecule has 2 saturated heterocycles. The lowest BCUT2D eigenvalue weighted by Crippen LogP contribution is -2.55. The van der Waals surface area contributed by atoms with Crippen molar-refractivity contribution in [1.29, 1.82) is 0 Å². The van der Waals surface area contributed by atoms with Crippen LogP contribution in [-0.2, 0) is 4.79 Å². The van der Waals surface area contributed by atoms with Crippen LogP contribution < -0.4 is 9.64 Å². The Balaban J connectivity index is 1.07. The summed E-state index contributed by atoms with van der Waals surface area (Å²) in [6.45, 7) is 8.25. The standard InChI is InChI=1S/C29H33N9O3/c1-17-26(18(2)38-29(30-17)31-19(3)34-38)41-23-12-13-36(16-23)22-8-6-20(7-9-22)24-10-11-25(33-32-24)28(40)37-14-21(15-37)27(39)35(4)5/h6-11,21,23H,12-16H2,1-5H3/t23-/m1/s1. The topological polar surface area (TPSA) is 122 Å². The second kappa shape index (κ2) is 10.4. The van der Waals surface area contributed by atoms with Crippen LogP contribution >= 0.6 is 0 Å². The van der Waals surface area contributed by atoms with Gasteiger partial charge in [0, 0.05) is 51.4 Å². The number of likely N-dealkylation sites (tertiary alicyclic amines) is 1. The molecule has 0 aliphatic carbocycles. The second-order valence-electron chi connectivity index (χ2n) is 10.9. The van der Waals surface area contributed by atoms with E-state index in [1.165, 1.54) is 0 Å². The molecule has 3 aromatic heterocycles. The SMILES string of the molecule is Cc1nc2nc(C)c(O[C@@H]3CCN(c4ccc(-c5ccc(C(=O)N6CC(C(=O)N(C)C)C6)nn5)cc4)C3)c(C)n2n1. The van der Waals surface area contributed by atoms with Gasteiger partial charge >= 0.3 is 0 Å². The summed E-state index contributed by atoms with van der Waals surface area (Å²) in [5, 5.41) is 12.9. The van der Waals surface area contributed by atoms with Crippen molar-refractivity contribution >= 4 is 23.3 Å². The van der Waals surface area contributed by atoms with E-state index in [4.69, 9.17) is 4.74 Å². The lowest BCUT2D eigenvalue weighted by molar-refractivity contribution is -0.137. The van der Waals surface area contributed by atoms with Gasteiger partial charge in [-0.1, -0.05) is 12.1 Å². The molecule has 212 valence electrons. The fourth-order valence-corrected chi connectivity index (χ4v) is 5.43. The minimum absolute atomic E-state index is 0.0366. The monoisotopic (exact) mass is 555 g/mol. The predicted molar refractivity (Wildman–Crippen MR) is 152 cm³/mol. The van der Waals surface area contributed by atoms with Crippen molar-refractivity contribution in [2.75, 3.05) is 45.2 Å². The van der Waals surface area contributed by atoms with Crippen molar-refractivity contribution < 1.29 is 14.3 Å². The normalized spacial score (nSPS) is 17.1. The average molecular weight is 556 g/mol. The van der Waals surface area contributed by atoms with E-state index in [0.717, 1.165) is 47.9 Å². The highest BCUT2D eigenvalue weighted by Crippen LogP contribution is 2.29. The Kier molecular flexibility index (Phi) is 6.76. The quantitative estimate of drug-likeness (QED) is 0.353. The number of carbonyl (C=O) groups excluding carboxylic acids is 2. The molecule has 0 radical (unpaired) electrons. The van der Waals surface area contributed by atoms with Gasteiger partial charge in [0.05, 0.1) is 29.5 Å². The van der Waals surface area contributed by atoms with E-state index in [1.54, 1.807) is 34.5 Å². The van der Waals surface area contributed by atoms with Gasteiger partial charge in [0.1, 0.15) is 11.9 Å². The number of rotatable bonds is 6. The van der Waals surface area contributed by atoms with Crippen LogP contribution in [-0.4, -0.2) is 97.8 Å². The van der Waals surface area contributed by atoms with Crippen molar-refractivity contribution in [3.05, 3.63) is 59.3 Å². The second-order valence-corrected chi connectivity index (χ2v) is 10.9. The fraction of sp³-hybridized carbons (Fsp3) is 0.414. The zero-order valence-electron chi connectivity index (χ0n) is 23.9. The number of anilines is 1. The molecule has 12 nitrogen and oxygen atoms in total. The van der Waals surface area contributed by atoms with Crippen LogP contribution in [0.2, 0.25) is 0 Å². The van der Waals surface area contributed by atoms with Gasteiger partial charge in [-0.05, 0) is 45.0 Å². The van der Waals surface area contributed by atoms with E-state index in [9.17, 15) is 9.59 Å². The van der Waals surface area contributed by atoms with Crippen LogP contribution in [0, 0.1) is 26.7 Å². The molecule has 2 fully saturated rings. The maximum absolute atomic E-state index is 12.7. The number of hydrogen-bond donors (Lipinski definition) is 0. The van der Waals surface area contributed by atoms with E-state index in [2.05, 4.69) is 42.3 Å². The van der Waals surface area contributed by atoms with Crippen LogP contribution in [0.4, 0.5) is 5.69 Å². The summed E-state index contributed by atoms with van der Waals surface area (Å²) in [7, 11) is 3.45. The number of carbonyl (C=O) groups is 2. The van der Waals surface area contributed by atoms with Gasteiger partial charge in [0.25, 0.3) is 11.7 Å². The predicted octanol–water partition coefficient (Wildman–Crippen LogP) is 2.32. The average Bonchev–Trinajstić information content (AvgIpc) is 3.56. The molecule has 0 unspecified atom stereocenters. The van der Waals surface area contributed by atoms with Crippen molar-refractivity contribution in [3.63, 3.8) is 0 Å². The third kappa shape index (κ3) is 5.05. The van der Waals surface area contributed by atoms with Crippen molar-refractivity contribution in [1.82, 2.24) is 39.6 Å². The number of benzene rings is 1.